The van der Waals surface area contributed by atoms with E-state index < -0.39 is 0 Å². The van der Waals surface area contributed by atoms with Crippen molar-refractivity contribution in [2.45, 2.75) is 0 Å². The standard InChI is InChI=1S/C19H18BrFN2O/c20-16-4-1-15(2-5-16)3-10-19(24)23-13-11-22(12-14-23)18-8-6-17(21)7-9-18/h1-10H,11-14H2/b10-3+. The molecule has 3 nitrogen and oxygen atoms in total. The van der Waals surface area contributed by atoms with Gasteiger partial charge in [0.15, 0.2) is 0 Å². The lowest BCUT2D eigenvalue weighted by atomic mass is 10.2. The van der Waals surface area contributed by atoms with Crippen molar-refractivity contribution >= 4 is 33.6 Å². The summed E-state index contributed by atoms with van der Waals surface area (Å²) in [6, 6.07) is 14.3. The highest BCUT2D eigenvalue weighted by molar-refractivity contribution is 9.10. The molecule has 0 N–H and O–H groups in total. The summed E-state index contributed by atoms with van der Waals surface area (Å²) in [5.41, 5.74) is 1.99. The van der Waals surface area contributed by atoms with Crippen LogP contribution in [0.4, 0.5) is 10.1 Å². The number of nitrogens with zero attached hydrogens (tertiary/aromatic N) is 2. The molecule has 2 aromatic rings. The van der Waals surface area contributed by atoms with Crippen molar-refractivity contribution < 1.29 is 9.18 Å². The van der Waals surface area contributed by atoms with Crippen LogP contribution >= 0.6 is 15.9 Å². The molecule has 0 bridgehead atoms. The van der Waals surface area contributed by atoms with Crippen LogP contribution in [0.25, 0.3) is 6.08 Å². The molecule has 1 amide bonds. The molecular formula is C19H18BrFN2O. The molecule has 0 aliphatic carbocycles. The van der Waals surface area contributed by atoms with Crippen LogP contribution in [-0.2, 0) is 4.79 Å². The van der Waals surface area contributed by atoms with Gasteiger partial charge in [-0.25, -0.2) is 4.39 Å². The first kappa shape index (κ1) is 16.7. The molecule has 1 saturated heterocycles. The Labute approximate surface area is 149 Å². The normalized spacial score (nSPS) is 15.1. The summed E-state index contributed by atoms with van der Waals surface area (Å²) >= 11 is 3.39. The fourth-order valence-corrected chi connectivity index (χ4v) is 2.95. The number of hydrogen-bond donors (Lipinski definition) is 0. The van der Waals surface area contributed by atoms with Gasteiger partial charge >= 0.3 is 0 Å². The Bertz CT molecular complexity index is 720. The topological polar surface area (TPSA) is 23.6 Å². The molecule has 1 heterocycles. The van der Waals surface area contributed by atoms with E-state index in [9.17, 15) is 9.18 Å². The number of benzene rings is 2. The number of halogens is 2. The zero-order valence-electron chi connectivity index (χ0n) is 13.2. The van der Waals surface area contributed by atoms with E-state index in [-0.39, 0.29) is 11.7 Å². The van der Waals surface area contributed by atoms with Crippen LogP contribution in [0, 0.1) is 5.82 Å². The molecule has 0 aromatic heterocycles. The van der Waals surface area contributed by atoms with Gasteiger partial charge in [0.25, 0.3) is 0 Å². The second-order valence-electron chi connectivity index (χ2n) is 5.67. The third kappa shape index (κ3) is 4.23. The monoisotopic (exact) mass is 388 g/mol. The predicted octanol–water partition coefficient (Wildman–Crippen LogP) is 3.95. The first-order chi connectivity index (χ1) is 11.6. The van der Waals surface area contributed by atoms with Gasteiger partial charge < -0.3 is 9.80 Å². The van der Waals surface area contributed by atoms with Gasteiger partial charge in [-0.05, 0) is 48.0 Å². The zero-order chi connectivity index (χ0) is 16.9. The van der Waals surface area contributed by atoms with Crippen LogP contribution in [0.3, 0.4) is 0 Å². The van der Waals surface area contributed by atoms with Gasteiger partial charge in [0, 0.05) is 42.4 Å². The van der Waals surface area contributed by atoms with E-state index in [4.69, 9.17) is 0 Å². The van der Waals surface area contributed by atoms with Crippen molar-refractivity contribution in [2.75, 3.05) is 31.1 Å². The van der Waals surface area contributed by atoms with E-state index in [0.29, 0.717) is 13.1 Å². The minimum absolute atomic E-state index is 0.0247. The minimum atomic E-state index is -0.231. The highest BCUT2D eigenvalue weighted by Crippen LogP contribution is 2.17. The molecule has 1 aliphatic heterocycles. The molecule has 0 spiro atoms. The van der Waals surface area contributed by atoms with E-state index in [1.54, 1.807) is 18.2 Å². The summed E-state index contributed by atoms with van der Waals surface area (Å²) in [6.07, 6.45) is 3.46. The lowest BCUT2D eigenvalue weighted by Gasteiger charge is -2.35. The predicted molar refractivity (Wildman–Crippen MR) is 98.4 cm³/mol. The van der Waals surface area contributed by atoms with Crippen molar-refractivity contribution in [1.82, 2.24) is 4.90 Å². The maximum Gasteiger partial charge on any atom is 0.246 e. The molecule has 1 aliphatic rings. The fraction of sp³-hybridized carbons (Fsp3) is 0.211. The second-order valence-corrected chi connectivity index (χ2v) is 6.59. The van der Waals surface area contributed by atoms with E-state index >= 15 is 0 Å². The number of anilines is 1. The molecule has 0 unspecified atom stereocenters. The maximum atomic E-state index is 13.0. The summed E-state index contributed by atoms with van der Waals surface area (Å²) in [6.45, 7) is 2.84. The first-order valence-electron chi connectivity index (χ1n) is 7.85. The smallest absolute Gasteiger partial charge is 0.246 e. The molecule has 0 atom stereocenters. The fourth-order valence-electron chi connectivity index (χ4n) is 2.68. The van der Waals surface area contributed by atoms with Gasteiger partial charge in [-0.1, -0.05) is 28.1 Å². The Kier molecular flexibility index (Phi) is 5.30. The molecule has 5 heteroatoms. The Morgan fingerprint density at radius 3 is 2.21 bits per heavy atom. The zero-order valence-corrected chi connectivity index (χ0v) is 14.7. The van der Waals surface area contributed by atoms with E-state index in [2.05, 4.69) is 20.8 Å². The summed E-state index contributed by atoms with van der Waals surface area (Å²) in [4.78, 5) is 16.3. The molecule has 3 rings (SSSR count). The molecule has 0 radical (unpaired) electrons. The van der Waals surface area contributed by atoms with Crippen LogP contribution < -0.4 is 4.90 Å². The lowest BCUT2D eigenvalue weighted by molar-refractivity contribution is -0.126. The number of carbonyl (C=O) groups is 1. The van der Waals surface area contributed by atoms with E-state index in [0.717, 1.165) is 28.8 Å². The lowest BCUT2D eigenvalue weighted by Crippen LogP contribution is -2.48. The third-order valence-electron chi connectivity index (χ3n) is 4.07. The van der Waals surface area contributed by atoms with Gasteiger partial charge in [0.05, 0.1) is 0 Å². The van der Waals surface area contributed by atoms with Crippen LogP contribution in [0.2, 0.25) is 0 Å². The van der Waals surface area contributed by atoms with Crippen molar-refractivity contribution in [2.24, 2.45) is 0 Å². The summed E-state index contributed by atoms with van der Waals surface area (Å²) < 4.78 is 14.0. The van der Waals surface area contributed by atoms with Crippen LogP contribution in [0.15, 0.2) is 59.1 Å². The van der Waals surface area contributed by atoms with E-state index in [1.165, 1.54) is 12.1 Å². The van der Waals surface area contributed by atoms with Crippen molar-refractivity contribution in [3.63, 3.8) is 0 Å². The second kappa shape index (κ2) is 7.62. The first-order valence-corrected chi connectivity index (χ1v) is 8.64. The third-order valence-corrected chi connectivity index (χ3v) is 4.60. The molecule has 1 fully saturated rings. The molecule has 124 valence electrons. The van der Waals surface area contributed by atoms with Gasteiger partial charge in [0.1, 0.15) is 5.82 Å². The Morgan fingerprint density at radius 2 is 1.58 bits per heavy atom. The van der Waals surface area contributed by atoms with Gasteiger partial charge in [-0.2, -0.15) is 0 Å². The summed E-state index contributed by atoms with van der Waals surface area (Å²) in [5.74, 6) is -0.206. The SMILES string of the molecule is O=C(/C=C/c1ccc(Br)cc1)N1CCN(c2ccc(F)cc2)CC1. The van der Waals surface area contributed by atoms with Gasteiger partial charge in [0.2, 0.25) is 5.91 Å². The number of amides is 1. The molecule has 24 heavy (non-hydrogen) atoms. The van der Waals surface area contributed by atoms with Crippen molar-refractivity contribution in [3.8, 4) is 0 Å². The minimum Gasteiger partial charge on any atom is -0.368 e. The maximum absolute atomic E-state index is 13.0. The Balaban J connectivity index is 1.55. The van der Waals surface area contributed by atoms with Crippen LogP contribution in [0.1, 0.15) is 5.56 Å². The van der Waals surface area contributed by atoms with Crippen molar-refractivity contribution in [3.05, 3.63) is 70.5 Å². The highest BCUT2D eigenvalue weighted by atomic mass is 79.9. The largest absolute Gasteiger partial charge is 0.368 e. The Hall–Kier alpha value is -2.14. The summed E-state index contributed by atoms with van der Waals surface area (Å²) in [7, 11) is 0. The van der Waals surface area contributed by atoms with Gasteiger partial charge in [-0.15, -0.1) is 0 Å². The molecule has 2 aromatic carbocycles. The number of piperazine rings is 1. The highest BCUT2D eigenvalue weighted by Gasteiger charge is 2.19. The van der Waals surface area contributed by atoms with Crippen LogP contribution in [0.5, 0.6) is 0 Å². The quantitative estimate of drug-likeness (QED) is 0.743. The number of carbonyl (C=O) groups excluding carboxylic acids is 1. The average Bonchev–Trinajstić information content (AvgIpc) is 2.62. The van der Waals surface area contributed by atoms with Crippen molar-refractivity contribution in [1.29, 1.82) is 0 Å². The molecule has 0 saturated carbocycles. The average molecular weight is 389 g/mol. The number of hydrogen-bond acceptors (Lipinski definition) is 2. The number of rotatable bonds is 3. The summed E-state index contributed by atoms with van der Waals surface area (Å²) in [5, 5.41) is 0. The van der Waals surface area contributed by atoms with Crippen LogP contribution in [-0.4, -0.2) is 37.0 Å². The van der Waals surface area contributed by atoms with Gasteiger partial charge in [-0.3, -0.25) is 4.79 Å². The Morgan fingerprint density at radius 1 is 0.958 bits per heavy atom. The molecular weight excluding hydrogens is 371 g/mol. The van der Waals surface area contributed by atoms with E-state index in [1.807, 2.05) is 35.2 Å².